The van der Waals surface area contributed by atoms with E-state index in [1.807, 2.05) is 23.7 Å². The van der Waals surface area contributed by atoms with Crippen molar-refractivity contribution in [3.63, 3.8) is 0 Å². The Morgan fingerprint density at radius 3 is 2.93 bits per heavy atom. The van der Waals surface area contributed by atoms with Gasteiger partial charge in [0.1, 0.15) is 5.69 Å². The van der Waals surface area contributed by atoms with Crippen LogP contribution < -0.4 is 5.73 Å². The van der Waals surface area contributed by atoms with Crippen molar-refractivity contribution >= 4 is 22.9 Å². The lowest BCUT2D eigenvalue weighted by Crippen LogP contribution is -2.03. The molecule has 2 aromatic rings. The van der Waals surface area contributed by atoms with Gasteiger partial charge in [0, 0.05) is 13.6 Å². The third-order valence-electron chi connectivity index (χ3n) is 2.06. The third-order valence-corrected chi connectivity index (χ3v) is 3.30. The predicted octanol–water partition coefficient (Wildman–Crippen LogP) is 2.26. The Labute approximate surface area is 91.1 Å². The van der Waals surface area contributed by atoms with Crippen LogP contribution in [0.2, 0.25) is 4.34 Å². The normalized spacial score (nSPS) is 10.8. The molecule has 2 N–H and O–H groups in total. The molecule has 0 saturated heterocycles. The first-order valence-corrected chi connectivity index (χ1v) is 5.38. The molecule has 0 unspecified atom stereocenters. The maximum Gasteiger partial charge on any atom is 0.103 e. The topological polar surface area (TPSA) is 43.8 Å². The molecule has 0 aromatic carbocycles. The van der Waals surface area contributed by atoms with Crippen molar-refractivity contribution in [2.45, 2.75) is 6.54 Å². The lowest BCUT2D eigenvalue weighted by atomic mass is 10.3. The van der Waals surface area contributed by atoms with Crippen molar-refractivity contribution in [3.8, 4) is 10.6 Å². The van der Waals surface area contributed by atoms with Gasteiger partial charge in [0.05, 0.1) is 21.2 Å². The summed E-state index contributed by atoms with van der Waals surface area (Å²) < 4.78 is 2.71. The number of thiophene rings is 1. The predicted molar refractivity (Wildman–Crippen MR) is 59.4 cm³/mol. The highest BCUT2D eigenvalue weighted by Crippen LogP contribution is 2.31. The van der Waals surface area contributed by atoms with E-state index < -0.39 is 0 Å². The van der Waals surface area contributed by atoms with E-state index in [1.165, 1.54) is 11.3 Å². The average molecular weight is 228 g/mol. The highest BCUT2D eigenvalue weighted by Gasteiger charge is 2.11. The van der Waals surface area contributed by atoms with Gasteiger partial charge in [-0.3, -0.25) is 0 Å². The number of hydrogen-bond donors (Lipinski definition) is 1. The zero-order valence-electron chi connectivity index (χ0n) is 7.70. The molecular formula is C9H10ClN3S. The monoisotopic (exact) mass is 227 g/mol. The van der Waals surface area contributed by atoms with Crippen molar-refractivity contribution < 1.29 is 0 Å². The van der Waals surface area contributed by atoms with Crippen LogP contribution in [0.15, 0.2) is 18.5 Å². The number of nitrogens with two attached hydrogens (primary N) is 1. The Kier molecular flexibility index (Phi) is 2.58. The van der Waals surface area contributed by atoms with Gasteiger partial charge in [-0.2, -0.15) is 0 Å². The molecule has 0 saturated carbocycles. The molecule has 74 valence electrons. The van der Waals surface area contributed by atoms with Crippen LogP contribution in [0.25, 0.3) is 10.6 Å². The lowest BCUT2D eigenvalue weighted by molar-refractivity contribution is 0.822. The zero-order chi connectivity index (χ0) is 10.1. The average Bonchev–Trinajstić information content (AvgIpc) is 2.71. The van der Waals surface area contributed by atoms with Crippen LogP contribution in [-0.2, 0) is 13.6 Å². The van der Waals surface area contributed by atoms with E-state index in [1.54, 1.807) is 6.33 Å². The summed E-state index contributed by atoms with van der Waals surface area (Å²) in [5.41, 5.74) is 7.62. The van der Waals surface area contributed by atoms with E-state index in [-0.39, 0.29) is 0 Å². The molecule has 2 heterocycles. The van der Waals surface area contributed by atoms with Gasteiger partial charge < -0.3 is 10.3 Å². The Balaban J connectivity index is 2.51. The molecule has 2 rings (SSSR count). The standard InChI is InChI=1S/C9H10ClN3S/c1-13-5-12-9(6(13)4-11)7-2-3-8(10)14-7/h2-3,5H,4,11H2,1H3. The Bertz CT molecular complexity index is 447. The number of aromatic nitrogens is 2. The van der Waals surface area contributed by atoms with Gasteiger partial charge in [-0.25, -0.2) is 4.98 Å². The number of halogens is 1. The fourth-order valence-electron chi connectivity index (χ4n) is 1.34. The van der Waals surface area contributed by atoms with E-state index in [0.717, 1.165) is 20.6 Å². The molecule has 2 aromatic heterocycles. The van der Waals surface area contributed by atoms with Crippen LogP contribution >= 0.6 is 22.9 Å². The smallest absolute Gasteiger partial charge is 0.103 e. The van der Waals surface area contributed by atoms with Crippen LogP contribution in [-0.4, -0.2) is 9.55 Å². The number of rotatable bonds is 2. The van der Waals surface area contributed by atoms with Gasteiger partial charge in [0.15, 0.2) is 0 Å². The molecule has 0 amide bonds. The summed E-state index contributed by atoms with van der Waals surface area (Å²) in [7, 11) is 1.94. The quantitative estimate of drug-likeness (QED) is 0.856. The van der Waals surface area contributed by atoms with Crippen molar-refractivity contribution in [3.05, 3.63) is 28.5 Å². The van der Waals surface area contributed by atoms with Crippen molar-refractivity contribution in [2.24, 2.45) is 12.8 Å². The fraction of sp³-hybridized carbons (Fsp3) is 0.222. The second-order valence-electron chi connectivity index (χ2n) is 2.96. The maximum atomic E-state index is 5.87. The number of nitrogens with zero attached hydrogens (tertiary/aromatic N) is 2. The molecule has 14 heavy (non-hydrogen) atoms. The molecule has 0 bridgehead atoms. The molecule has 0 radical (unpaired) electrons. The van der Waals surface area contributed by atoms with E-state index in [9.17, 15) is 0 Å². The largest absolute Gasteiger partial charge is 0.336 e. The summed E-state index contributed by atoms with van der Waals surface area (Å²) in [5.74, 6) is 0. The summed E-state index contributed by atoms with van der Waals surface area (Å²) in [6, 6.07) is 3.84. The summed E-state index contributed by atoms with van der Waals surface area (Å²) in [6.45, 7) is 0.487. The number of aryl methyl sites for hydroxylation is 1. The molecule has 0 aliphatic heterocycles. The first-order chi connectivity index (χ1) is 6.72. The van der Waals surface area contributed by atoms with Crippen LogP contribution in [0.1, 0.15) is 5.69 Å². The van der Waals surface area contributed by atoms with Gasteiger partial charge >= 0.3 is 0 Å². The first kappa shape index (κ1) is 9.71. The molecule has 0 spiro atoms. The van der Waals surface area contributed by atoms with E-state index in [2.05, 4.69) is 4.98 Å². The minimum absolute atomic E-state index is 0.487. The molecule has 3 nitrogen and oxygen atoms in total. The fourth-order valence-corrected chi connectivity index (χ4v) is 2.41. The second-order valence-corrected chi connectivity index (χ2v) is 4.67. The van der Waals surface area contributed by atoms with Crippen molar-refractivity contribution in [1.29, 1.82) is 0 Å². The summed E-state index contributed by atoms with van der Waals surface area (Å²) >= 11 is 7.38. The summed E-state index contributed by atoms with van der Waals surface area (Å²) in [5, 5.41) is 0. The van der Waals surface area contributed by atoms with E-state index >= 15 is 0 Å². The minimum atomic E-state index is 0.487. The molecule has 0 aliphatic rings. The molecule has 0 aliphatic carbocycles. The minimum Gasteiger partial charge on any atom is -0.336 e. The molecule has 5 heteroatoms. The van der Waals surface area contributed by atoms with Crippen molar-refractivity contribution in [1.82, 2.24) is 9.55 Å². The molecule has 0 fully saturated rings. The van der Waals surface area contributed by atoms with Crippen LogP contribution in [0, 0.1) is 0 Å². The Hall–Kier alpha value is -0.840. The lowest BCUT2D eigenvalue weighted by Gasteiger charge is -2.00. The first-order valence-electron chi connectivity index (χ1n) is 4.18. The van der Waals surface area contributed by atoms with Crippen LogP contribution in [0.4, 0.5) is 0 Å². The van der Waals surface area contributed by atoms with E-state index in [4.69, 9.17) is 17.3 Å². The summed E-state index contributed by atoms with van der Waals surface area (Å²) in [6.07, 6.45) is 1.77. The van der Waals surface area contributed by atoms with Gasteiger partial charge in [0.2, 0.25) is 0 Å². The van der Waals surface area contributed by atoms with Crippen LogP contribution in [0.5, 0.6) is 0 Å². The van der Waals surface area contributed by atoms with Gasteiger partial charge in [0.25, 0.3) is 0 Å². The van der Waals surface area contributed by atoms with Gasteiger partial charge in [-0.05, 0) is 12.1 Å². The van der Waals surface area contributed by atoms with Gasteiger partial charge in [-0.15, -0.1) is 11.3 Å². The second kappa shape index (κ2) is 3.73. The Morgan fingerprint density at radius 1 is 1.57 bits per heavy atom. The highest BCUT2D eigenvalue weighted by molar-refractivity contribution is 7.19. The zero-order valence-corrected chi connectivity index (χ0v) is 9.27. The Morgan fingerprint density at radius 2 is 2.36 bits per heavy atom. The molecule has 0 atom stereocenters. The van der Waals surface area contributed by atoms with Crippen molar-refractivity contribution in [2.75, 3.05) is 0 Å². The van der Waals surface area contributed by atoms with Crippen LogP contribution in [0.3, 0.4) is 0 Å². The number of imidazole rings is 1. The van der Waals surface area contributed by atoms with E-state index in [0.29, 0.717) is 6.54 Å². The summed E-state index contributed by atoms with van der Waals surface area (Å²) in [4.78, 5) is 5.37. The SMILES string of the molecule is Cn1cnc(-c2ccc(Cl)s2)c1CN. The third kappa shape index (κ3) is 1.56. The van der Waals surface area contributed by atoms with Gasteiger partial charge in [-0.1, -0.05) is 11.6 Å². The highest BCUT2D eigenvalue weighted by atomic mass is 35.5. The maximum absolute atomic E-state index is 5.87. The number of hydrogen-bond acceptors (Lipinski definition) is 3. The molecular weight excluding hydrogens is 218 g/mol.